The van der Waals surface area contributed by atoms with Crippen LogP contribution in [-0.2, 0) is 0 Å². The second-order valence-corrected chi connectivity index (χ2v) is 6.23. The van der Waals surface area contributed by atoms with Gasteiger partial charge in [-0.25, -0.2) is 4.98 Å². The molecule has 0 saturated heterocycles. The number of nitrogens with one attached hydrogen (secondary N) is 2. The Kier molecular flexibility index (Phi) is 6.11. The van der Waals surface area contributed by atoms with Gasteiger partial charge in [-0.05, 0) is 36.8 Å². The lowest BCUT2D eigenvalue weighted by Crippen LogP contribution is -2.26. The highest BCUT2D eigenvalue weighted by Crippen LogP contribution is 2.30. The number of ether oxygens (including phenoxy) is 2. The molecule has 3 aromatic rings. The van der Waals surface area contributed by atoms with Gasteiger partial charge in [0, 0.05) is 18.0 Å². The molecule has 0 saturated carbocycles. The number of pyridine rings is 1. The molecule has 6 nitrogen and oxygen atoms in total. The molecular weight excluding hydrogens is 354 g/mol. The van der Waals surface area contributed by atoms with Gasteiger partial charge >= 0.3 is 0 Å². The Morgan fingerprint density at radius 3 is 2.36 bits per heavy atom. The van der Waals surface area contributed by atoms with E-state index in [1.807, 2.05) is 55.5 Å². The zero-order chi connectivity index (χ0) is 19.9. The first-order valence-corrected chi connectivity index (χ1v) is 8.91. The summed E-state index contributed by atoms with van der Waals surface area (Å²) in [4.78, 5) is 16.8. The number of hydrogen-bond acceptors (Lipinski definition) is 5. The standard InChI is InChI=1S/C22H23N3O3/c1-15(16-7-5-4-6-8-16)24-22(26)17-9-12-21(23-14-17)25-18-10-11-19(27-2)20(13-18)28-3/h4-15H,1-3H3,(H,23,25)(H,24,26). The minimum absolute atomic E-state index is 0.0849. The van der Waals surface area contributed by atoms with Gasteiger partial charge in [-0.15, -0.1) is 0 Å². The van der Waals surface area contributed by atoms with Gasteiger partial charge in [0.15, 0.2) is 11.5 Å². The van der Waals surface area contributed by atoms with Crippen LogP contribution in [-0.4, -0.2) is 25.1 Å². The van der Waals surface area contributed by atoms with Crippen molar-refractivity contribution in [3.63, 3.8) is 0 Å². The van der Waals surface area contributed by atoms with Gasteiger partial charge in [0.2, 0.25) is 0 Å². The highest BCUT2D eigenvalue weighted by molar-refractivity contribution is 5.94. The molecule has 1 atom stereocenters. The molecule has 0 fully saturated rings. The van der Waals surface area contributed by atoms with Crippen LogP contribution >= 0.6 is 0 Å². The molecule has 3 rings (SSSR count). The number of rotatable bonds is 7. The van der Waals surface area contributed by atoms with E-state index in [2.05, 4.69) is 15.6 Å². The van der Waals surface area contributed by atoms with Gasteiger partial charge < -0.3 is 20.1 Å². The summed E-state index contributed by atoms with van der Waals surface area (Å²) >= 11 is 0. The van der Waals surface area contributed by atoms with Gasteiger partial charge in [-0.2, -0.15) is 0 Å². The van der Waals surface area contributed by atoms with Gasteiger partial charge in [-0.1, -0.05) is 30.3 Å². The molecular formula is C22H23N3O3. The Bertz CT molecular complexity index is 928. The van der Waals surface area contributed by atoms with E-state index in [0.717, 1.165) is 11.3 Å². The van der Waals surface area contributed by atoms with Crippen molar-refractivity contribution >= 4 is 17.4 Å². The summed E-state index contributed by atoms with van der Waals surface area (Å²) in [5.74, 6) is 1.74. The normalized spacial score (nSPS) is 11.4. The molecule has 1 amide bonds. The van der Waals surface area contributed by atoms with Crippen molar-refractivity contribution in [2.75, 3.05) is 19.5 Å². The molecule has 0 radical (unpaired) electrons. The van der Waals surface area contributed by atoms with Crippen molar-refractivity contribution in [2.24, 2.45) is 0 Å². The number of aromatic nitrogens is 1. The molecule has 1 unspecified atom stereocenters. The Hall–Kier alpha value is -3.54. The molecule has 28 heavy (non-hydrogen) atoms. The van der Waals surface area contributed by atoms with Crippen LogP contribution in [0.3, 0.4) is 0 Å². The first-order valence-electron chi connectivity index (χ1n) is 8.91. The largest absolute Gasteiger partial charge is 0.493 e. The third kappa shape index (κ3) is 4.59. The molecule has 1 aromatic heterocycles. The fourth-order valence-corrected chi connectivity index (χ4v) is 2.77. The fraction of sp³-hybridized carbons (Fsp3) is 0.182. The van der Waals surface area contributed by atoms with E-state index in [0.29, 0.717) is 22.9 Å². The van der Waals surface area contributed by atoms with E-state index in [1.54, 1.807) is 32.5 Å². The molecule has 0 aliphatic heterocycles. The van der Waals surface area contributed by atoms with E-state index in [1.165, 1.54) is 0 Å². The summed E-state index contributed by atoms with van der Waals surface area (Å²) < 4.78 is 10.5. The summed E-state index contributed by atoms with van der Waals surface area (Å²) in [6.45, 7) is 1.95. The van der Waals surface area contributed by atoms with Crippen LogP contribution in [0.5, 0.6) is 11.5 Å². The van der Waals surface area contributed by atoms with Crippen LogP contribution in [0, 0.1) is 0 Å². The summed E-state index contributed by atoms with van der Waals surface area (Å²) in [6.07, 6.45) is 1.55. The number of benzene rings is 2. The molecule has 2 N–H and O–H groups in total. The molecule has 144 valence electrons. The van der Waals surface area contributed by atoms with Crippen LogP contribution < -0.4 is 20.1 Å². The average molecular weight is 377 g/mol. The maximum atomic E-state index is 12.5. The lowest BCUT2D eigenvalue weighted by Gasteiger charge is -2.14. The molecule has 6 heteroatoms. The summed E-state index contributed by atoms with van der Waals surface area (Å²) in [5.41, 5.74) is 2.36. The zero-order valence-electron chi connectivity index (χ0n) is 16.1. The second kappa shape index (κ2) is 8.90. The van der Waals surface area contributed by atoms with Crippen molar-refractivity contribution in [2.45, 2.75) is 13.0 Å². The number of amides is 1. The number of methoxy groups -OCH3 is 2. The Morgan fingerprint density at radius 1 is 0.964 bits per heavy atom. The Morgan fingerprint density at radius 2 is 1.71 bits per heavy atom. The topological polar surface area (TPSA) is 72.5 Å². The van der Waals surface area contributed by atoms with Crippen molar-refractivity contribution < 1.29 is 14.3 Å². The number of anilines is 2. The second-order valence-electron chi connectivity index (χ2n) is 6.23. The fourth-order valence-electron chi connectivity index (χ4n) is 2.77. The van der Waals surface area contributed by atoms with E-state index >= 15 is 0 Å². The van der Waals surface area contributed by atoms with Crippen LogP contribution in [0.15, 0.2) is 66.9 Å². The Balaban J connectivity index is 1.65. The third-order valence-electron chi connectivity index (χ3n) is 4.33. The molecule has 0 spiro atoms. The van der Waals surface area contributed by atoms with E-state index in [-0.39, 0.29) is 11.9 Å². The number of carbonyl (C=O) groups is 1. The van der Waals surface area contributed by atoms with Gasteiger partial charge in [-0.3, -0.25) is 4.79 Å². The van der Waals surface area contributed by atoms with E-state index < -0.39 is 0 Å². The lowest BCUT2D eigenvalue weighted by molar-refractivity contribution is 0.0939. The van der Waals surface area contributed by atoms with Gasteiger partial charge in [0.25, 0.3) is 5.91 Å². The predicted octanol–water partition coefficient (Wildman–Crippen LogP) is 4.33. The molecule has 0 bridgehead atoms. The molecule has 2 aromatic carbocycles. The Labute approximate surface area is 164 Å². The highest BCUT2D eigenvalue weighted by atomic mass is 16.5. The highest BCUT2D eigenvalue weighted by Gasteiger charge is 2.12. The van der Waals surface area contributed by atoms with E-state index in [4.69, 9.17) is 9.47 Å². The van der Waals surface area contributed by atoms with Crippen molar-refractivity contribution in [1.29, 1.82) is 0 Å². The van der Waals surface area contributed by atoms with Gasteiger partial charge in [0.1, 0.15) is 5.82 Å². The molecule has 1 heterocycles. The van der Waals surface area contributed by atoms with Gasteiger partial charge in [0.05, 0.1) is 25.8 Å². The van der Waals surface area contributed by atoms with E-state index in [9.17, 15) is 4.79 Å². The monoisotopic (exact) mass is 377 g/mol. The number of carbonyl (C=O) groups excluding carboxylic acids is 1. The first-order chi connectivity index (χ1) is 13.6. The average Bonchev–Trinajstić information content (AvgIpc) is 2.74. The smallest absolute Gasteiger partial charge is 0.253 e. The summed E-state index contributed by atoms with van der Waals surface area (Å²) in [7, 11) is 3.18. The number of nitrogens with zero attached hydrogens (tertiary/aromatic N) is 1. The van der Waals surface area contributed by atoms with Crippen molar-refractivity contribution in [3.8, 4) is 11.5 Å². The SMILES string of the molecule is COc1ccc(Nc2ccc(C(=O)NC(C)c3ccccc3)cn2)cc1OC. The molecule has 0 aliphatic rings. The van der Waals surface area contributed by atoms with Crippen molar-refractivity contribution in [1.82, 2.24) is 10.3 Å². The minimum atomic E-state index is -0.165. The quantitative estimate of drug-likeness (QED) is 0.641. The van der Waals surface area contributed by atoms with Crippen LogP contribution in [0.25, 0.3) is 0 Å². The van der Waals surface area contributed by atoms with Crippen LogP contribution in [0.4, 0.5) is 11.5 Å². The first kappa shape index (κ1) is 19.2. The maximum absolute atomic E-state index is 12.5. The zero-order valence-corrected chi connectivity index (χ0v) is 16.1. The summed E-state index contributed by atoms with van der Waals surface area (Å²) in [5, 5.41) is 6.16. The molecule has 0 aliphatic carbocycles. The minimum Gasteiger partial charge on any atom is -0.493 e. The predicted molar refractivity (Wildman–Crippen MR) is 109 cm³/mol. The summed E-state index contributed by atoms with van der Waals surface area (Å²) in [6, 6.07) is 18.7. The van der Waals surface area contributed by atoms with Crippen LogP contribution in [0.1, 0.15) is 28.9 Å². The van der Waals surface area contributed by atoms with Crippen molar-refractivity contribution in [3.05, 3.63) is 78.0 Å². The maximum Gasteiger partial charge on any atom is 0.253 e. The van der Waals surface area contributed by atoms with Crippen LogP contribution in [0.2, 0.25) is 0 Å². The lowest BCUT2D eigenvalue weighted by atomic mass is 10.1. The number of hydrogen-bond donors (Lipinski definition) is 2. The third-order valence-corrected chi connectivity index (χ3v) is 4.33.